The molecule has 0 unspecified atom stereocenters. The number of hydrogen-bond donors (Lipinski definition) is 2. The van der Waals surface area contributed by atoms with Gasteiger partial charge in [-0.2, -0.15) is 0 Å². The van der Waals surface area contributed by atoms with Gasteiger partial charge in [0, 0.05) is 21.6 Å². The van der Waals surface area contributed by atoms with Gasteiger partial charge in [-0.25, -0.2) is 0 Å². The third-order valence-electron chi connectivity index (χ3n) is 3.46. The fourth-order valence-corrected chi connectivity index (χ4v) is 2.54. The Kier molecular flexibility index (Phi) is 3.43. The summed E-state index contributed by atoms with van der Waals surface area (Å²) in [5.74, 6) is -0.158. The van der Waals surface area contributed by atoms with Crippen molar-refractivity contribution < 1.29 is 4.79 Å². The zero-order valence-corrected chi connectivity index (χ0v) is 12.6. The van der Waals surface area contributed by atoms with Crippen LogP contribution in [0.5, 0.6) is 0 Å². The zero-order valence-electron chi connectivity index (χ0n) is 11.8. The summed E-state index contributed by atoms with van der Waals surface area (Å²) in [4.78, 5) is 15.4. The second-order valence-corrected chi connectivity index (χ2v) is 5.62. The second-order valence-electron chi connectivity index (χ2n) is 5.19. The average molecular weight is 299 g/mol. The minimum absolute atomic E-state index is 0.158. The number of amides is 1. The fourth-order valence-electron chi connectivity index (χ4n) is 2.37. The molecule has 4 heteroatoms. The predicted octanol–water partition coefficient (Wildman–Crippen LogP) is 4.69. The number of aromatic nitrogens is 1. The van der Waals surface area contributed by atoms with Crippen LogP contribution in [-0.4, -0.2) is 10.9 Å². The molecule has 0 aliphatic rings. The van der Waals surface area contributed by atoms with Gasteiger partial charge in [0.15, 0.2) is 0 Å². The van der Waals surface area contributed by atoms with Crippen LogP contribution >= 0.6 is 11.6 Å². The largest absolute Gasteiger partial charge is 0.350 e. The van der Waals surface area contributed by atoms with E-state index in [1.54, 1.807) is 0 Å². The Morgan fingerprint density at radius 2 is 1.90 bits per heavy atom. The molecular formula is C17H15ClN2O. The van der Waals surface area contributed by atoms with Crippen molar-refractivity contribution in [3.63, 3.8) is 0 Å². The molecule has 0 atom stereocenters. The molecule has 3 aromatic rings. The summed E-state index contributed by atoms with van der Waals surface area (Å²) in [5, 5.41) is 4.53. The number of hydrogen-bond acceptors (Lipinski definition) is 1. The van der Waals surface area contributed by atoms with E-state index in [-0.39, 0.29) is 5.91 Å². The molecule has 0 fully saturated rings. The maximum atomic E-state index is 12.3. The highest BCUT2D eigenvalue weighted by molar-refractivity contribution is 6.31. The Hall–Kier alpha value is -2.26. The number of aryl methyl sites for hydroxylation is 2. The lowest BCUT2D eigenvalue weighted by atomic mass is 10.1. The zero-order chi connectivity index (χ0) is 15.0. The number of aromatic amines is 1. The average Bonchev–Trinajstić information content (AvgIpc) is 2.85. The van der Waals surface area contributed by atoms with Gasteiger partial charge in [0.25, 0.3) is 5.91 Å². The Morgan fingerprint density at radius 1 is 1.10 bits per heavy atom. The molecule has 0 aliphatic carbocycles. The number of carbonyl (C=O) groups is 1. The van der Waals surface area contributed by atoms with Gasteiger partial charge in [0.2, 0.25) is 0 Å². The monoisotopic (exact) mass is 298 g/mol. The molecular weight excluding hydrogens is 284 g/mol. The van der Waals surface area contributed by atoms with E-state index < -0.39 is 0 Å². The van der Waals surface area contributed by atoms with Crippen molar-refractivity contribution >= 4 is 34.1 Å². The lowest BCUT2D eigenvalue weighted by molar-refractivity contribution is 0.102. The Bertz CT molecular complexity index is 836. The number of H-pyrrole nitrogens is 1. The summed E-state index contributed by atoms with van der Waals surface area (Å²) in [7, 11) is 0. The number of fused-ring (bicyclic) bond motifs is 1. The Morgan fingerprint density at radius 3 is 2.67 bits per heavy atom. The smallest absolute Gasteiger partial charge is 0.272 e. The maximum absolute atomic E-state index is 12.3. The van der Waals surface area contributed by atoms with Gasteiger partial charge in [-0.05, 0) is 43.7 Å². The van der Waals surface area contributed by atoms with E-state index in [0.29, 0.717) is 10.7 Å². The SMILES string of the molecule is Cc1ccc(NC(=O)c2cc3ccc(Cl)cc3[nH]2)c(C)c1. The van der Waals surface area contributed by atoms with Gasteiger partial charge < -0.3 is 10.3 Å². The first-order valence-electron chi connectivity index (χ1n) is 6.70. The van der Waals surface area contributed by atoms with E-state index in [1.165, 1.54) is 5.56 Å². The number of nitrogens with one attached hydrogen (secondary N) is 2. The lowest BCUT2D eigenvalue weighted by Gasteiger charge is -2.08. The molecule has 1 amide bonds. The molecule has 0 aliphatic heterocycles. The number of anilines is 1. The van der Waals surface area contributed by atoms with Crippen LogP contribution < -0.4 is 5.32 Å². The van der Waals surface area contributed by atoms with Gasteiger partial charge in [0.05, 0.1) is 0 Å². The molecule has 0 spiro atoms. The third kappa shape index (κ3) is 2.78. The van der Waals surface area contributed by atoms with E-state index >= 15 is 0 Å². The summed E-state index contributed by atoms with van der Waals surface area (Å²) < 4.78 is 0. The van der Waals surface area contributed by atoms with E-state index in [2.05, 4.69) is 10.3 Å². The van der Waals surface area contributed by atoms with Crippen molar-refractivity contribution in [3.05, 3.63) is 64.3 Å². The highest BCUT2D eigenvalue weighted by Gasteiger charge is 2.11. The van der Waals surface area contributed by atoms with Crippen molar-refractivity contribution in [1.82, 2.24) is 4.98 Å². The van der Waals surface area contributed by atoms with Crippen molar-refractivity contribution in [2.45, 2.75) is 13.8 Å². The molecule has 0 saturated carbocycles. The summed E-state index contributed by atoms with van der Waals surface area (Å²) in [6.07, 6.45) is 0. The van der Waals surface area contributed by atoms with Crippen molar-refractivity contribution in [1.29, 1.82) is 0 Å². The highest BCUT2D eigenvalue weighted by Crippen LogP contribution is 2.21. The summed E-state index contributed by atoms with van der Waals surface area (Å²) in [5.41, 5.74) is 4.41. The summed E-state index contributed by atoms with van der Waals surface area (Å²) in [6, 6.07) is 13.3. The van der Waals surface area contributed by atoms with E-state index in [4.69, 9.17) is 11.6 Å². The van der Waals surface area contributed by atoms with Crippen LogP contribution in [0.4, 0.5) is 5.69 Å². The predicted molar refractivity (Wildman–Crippen MR) is 87.2 cm³/mol. The molecule has 1 aromatic heterocycles. The lowest BCUT2D eigenvalue weighted by Crippen LogP contribution is -2.13. The standard InChI is InChI=1S/C17H15ClN2O/c1-10-3-6-14(11(2)7-10)20-17(21)16-8-12-4-5-13(18)9-15(12)19-16/h3-9,19H,1-2H3,(H,20,21). The Labute approximate surface area is 127 Å². The van der Waals surface area contributed by atoms with Gasteiger partial charge in [-0.3, -0.25) is 4.79 Å². The second kappa shape index (κ2) is 5.26. The van der Waals surface area contributed by atoms with Crippen LogP contribution in [0.1, 0.15) is 21.6 Å². The van der Waals surface area contributed by atoms with Crippen LogP contribution in [0.25, 0.3) is 10.9 Å². The topological polar surface area (TPSA) is 44.9 Å². The molecule has 106 valence electrons. The van der Waals surface area contributed by atoms with Crippen LogP contribution in [-0.2, 0) is 0 Å². The molecule has 1 heterocycles. The molecule has 2 aromatic carbocycles. The van der Waals surface area contributed by atoms with Crippen LogP contribution in [0.2, 0.25) is 5.02 Å². The molecule has 0 bridgehead atoms. The molecule has 2 N–H and O–H groups in total. The fraction of sp³-hybridized carbons (Fsp3) is 0.118. The minimum Gasteiger partial charge on any atom is -0.350 e. The summed E-state index contributed by atoms with van der Waals surface area (Å²) >= 11 is 5.95. The maximum Gasteiger partial charge on any atom is 0.272 e. The normalized spacial score (nSPS) is 10.8. The van der Waals surface area contributed by atoms with Crippen LogP contribution in [0, 0.1) is 13.8 Å². The third-order valence-corrected chi connectivity index (χ3v) is 3.69. The minimum atomic E-state index is -0.158. The highest BCUT2D eigenvalue weighted by atomic mass is 35.5. The van der Waals surface area contributed by atoms with Gasteiger partial charge in [0.1, 0.15) is 5.69 Å². The van der Waals surface area contributed by atoms with E-state index in [9.17, 15) is 4.79 Å². The van der Waals surface area contributed by atoms with Crippen LogP contribution in [0.3, 0.4) is 0 Å². The van der Waals surface area contributed by atoms with Gasteiger partial charge >= 0.3 is 0 Å². The Balaban J connectivity index is 1.89. The first kappa shape index (κ1) is 13.7. The van der Waals surface area contributed by atoms with Gasteiger partial charge in [-0.15, -0.1) is 0 Å². The van der Waals surface area contributed by atoms with Crippen LogP contribution in [0.15, 0.2) is 42.5 Å². The van der Waals surface area contributed by atoms with E-state index in [0.717, 1.165) is 22.2 Å². The molecule has 3 nitrogen and oxygen atoms in total. The van der Waals surface area contributed by atoms with Gasteiger partial charge in [-0.1, -0.05) is 35.4 Å². The number of rotatable bonds is 2. The van der Waals surface area contributed by atoms with Crippen molar-refractivity contribution in [3.8, 4) is 0 Å². The van der Waals surface area contributed by atoms with Crippen molar-refractivity contribution in [2.75, 3.05) is 5.32 Å². The molecule has 0 saturated heterocycles. The number of benzene rings is 2. The number of carbonyl (C=O) groups excluding carboxylic acids is 1. The molecule has 21 heavy (non-hydrogen) atoms. The quantitative estimate of drug-likeness (QED) is 0.708. The van der Waals surface area contributed by atoms with E-state index in [1.807, 2.05) is 56.3 Å². The first-order valence-corrected chi connectivity index (χ1v) is 7.07. The first-order chi connectivity index (χ1) is 10.0. The summed E-state index contributed by atoms with van der Waals surface area (Å²) in [6.45, 7) is 4.01. The molecule has 3 rings (SSSR count). The van der Waals surface area contributed by atoms with Crippen molar-refractivity contribution in [2.24, 2.45) is 0 Å². The number of halogens is 1. The molecule has 0 radical (unpaired) electrons.